The summed E-state index contributed by atoms with van der Waals surface area (Å²) >= 11 is 0. The number of hydrogen-bond acceptors (Lipinski definition) is 8. The Labute approximate surface area is 113 Å². The third-order valence-electron chi connectivity index (χ3n) is 2.06. The Hall–Kier alpha value is -1.22. The predicted octanol–water partition coefficient (Wildman–Crippen LogP) is -1.66. The average molecular weight is 276 g/mol. The number of ether oxygens (including phenoxy) is 2. The highest BCUT2D eigenvalue weighted by Gasteiger charge is 2.05. The van der Waals surface area contributed by atoms with Crippen molar-refractivity contribution in [3.63, 3.8) is 0 Å². The van der Waals surface area contributed by atoms with Crippen molar-refractivity contribution in [2.24, 2.45) is 0 Å². The summed E-state index contributed by atoms with van der Waals surface area (Å²) in [7, 11) is 3.60. The molecule has 0 rings (SSSR count). The van der Waals surface area contributed by atoms with Crippen LogP contribution in [0.1, 0.15) is 12.8 Å². The molecule has 0 aliphatic rings. The average Bonchev–Trinajstić information content (AvgIpc) is 2.40. The van der Waals surface area contributed by atoms with Gasteiger partial charge in [-0.1, -0.05) is 0 Å². The predicted molar refractivity (Wildman–Crippen MR) is 70.1 cm³/mol. The second-order valence-corrected chi connectivity index (χ2v) is 3.71. The first-order valence-electron chi connectivity index (χ1n) is 6.22. The van der Waals surface area contributed by atoms with E-state index in [9.17, 15) is 9.59 Å². The molecule has 0 bridgehead atoms. The van der Waals surface area contributed by atoms with E-state index in [4.69, 9.17) is 9.47 Å². The SMILES string of the molecule is CNCNCCC(=O)OCOC(=O)CCNCNC. The van der Waals surface area contributed by atoms with Crippen molar-refractivity contribution in [1.82, 2.24) is 21.3 Å². The molecule has 0 fully saturated rings. The van der Waals surface area contributed by atoms with Gasteiger partial charge in [0.1, 0.15) is 0 Å². The number of carbonyl (C=O) groups excluding carboxylic acids is 2. The lowest BCUT2D eigenvalue weighted by Crippen LogP contribution is -2.29. The molecule has 0 aromatic heterocycles. The van der Waals surface area contributed by atoms with E-state index in [0.717, 1.165) is 0 Å². The van der Waals surface area contributed by atoms with Gasteiger partial charge in [0.15, 0.2) is 0 Å². The van der Waals surface area contributed by atoms with Crippen LogP contribution < -0.4 is 21.3 Å². The molecular weight excluding hydrogens is 252 g/mol. The molecule has 0 aliphatic heterocycles. The fraction of sp³-hybridized carbons (Fsp3) is 0.818. The minimum atomic E-state index is -0.398. The van der Waals surface area contributed by atoms with Crippen LogP contribution in [0.5, 0.6) is 0 Å². The number of nitrogens with one attached hydrogen (secondary N) is 4. The van der Waals surface area contributed by atoms with Crippen molar-refractivity contribution in [2.45, 2.75) is 12.8 Å². The van der Waals surface area contributed by atoms with Crippen LogP contribution in [0.4, 0.5) is 0 Å². The van der Waals surface area contributed by atoms with Crippen LogP contribution >= 0.6 is 0 Å². The molecule has 0 aromatic rings. The lowest BCUT2D eigenvalue weighted by molar-refractivity contribution is -0.167. The maximum absolute atomic E-state index is 11.2. The van der Waals surface area contributed by atoms with Crippen molar-refractivity contribution in [3.8, 4) is 0 Å². The molecule has 0 unspecified atom stereocenters. The van der Waals surface area contributed by atoms with Crippen molar-refractivity contribution in [2.75, 3.05) is 47.3 Å². The Kier molecular flexibility index (Phi) is 12.4. The summed E-state index contributed by atoms with van der Waals surface area (Å²) in [6.45, 7) is 1.96. The van der Waals surface area contributed by atoms with Gasteiger partial charge in [-0.2, -0.15) is 0 Å². The van der Waals surface area contributed by atoms with E-state index in [1.807, 2.05) is 0 Å². The van der Waals surface area contributed by atoms with Crippen LogP contribution in [-0.4, -0.2) is 59.3 Å². The molecule has 0 heterocycles. The summed E-state index contributed by atoms with van der Waals surface area (Å²) in [6.07, 6.45) is 0.478. The highest BCUT2D eigenvalue weighted by atomic mass is 16.7. The highest BCUT2D eigenvalue weighted by molar-refractivity contribution is 5.71. The zero-order chi connectivity index (χ0) is 14.3. The first-order valence-corrected chi connectivity index (χ1v) is 6.22. The number of hydrogen-bond donors (Lipinski definition) is 4. The van der Waals surface area contributed by atoms with Crippen LogP contribution in [0.25, 0.3) is 0 Å². The number of rotatable bonds is 12. The van der Waals surface area contributed by atoms with Crippen molar-refractivity contribution >= 4 is 11.9 Å². The van der Waals surface area contributed by atoms with E-state index in [1.165, 1.54) is 0 Å². The Morgan fingerprint density at radius 2 is 1.26 bits per heavy atom. The van der Waals surface area contributed by atoms with E-state index in [-0.39, 0.29) is 19.6 Å². The minimum absolute atomic E-state index is 0.239. The molecule has 0 spiro atoms. The van der Waals surface area contributed by atoms with Crippen LogP contribution in [0.15, 0.2) is 0 Å². The Morgan fingerprint density at radius 3 is 1.63 bits per heavy atom. The second-order valence-electron chi connectivity index (χ2n) is 3.71. The summed E-state index contributed by atoms with van der Waals surface area (Å²) in [4.78, 5) is 22.4. The molecule has 0 atom stereocenters. The van der Waals surface area contributed by atoms with Gasteiger partial charge in [-0.05, 0) is 14.1 Å². The summed E-state index contributed by atoms with van der Waals surface area (Å²) < 4.78 is 9.49. The Balaban J connectivity index is 3.35. The lowest BCUT2D eigenvalue weighted by atomic mass is 10.4. The van der Waals surface area contributed by atoms with E-state index >= 15 is 0 Å². The fourth-order valence-corrected chi connectivity index (χ4v) is 1.11. The lowest BCUT2D eigenvalue weighted by Gasteiger charge is -2.07. The van der Waals surface area contributed by atoms with Crippen LogP contribution in [0.2, 0.25) is 0 Å². The fourth-order valence-electron chi connectivity index (χ4n) is 1.11. The van der Waals surface area contributed by atoms with Crippen LogP contribution in [0, 0.1) is 0 Å². The standard InChI is InChI=1S/C11H24N4O4/c1-12-7-14-5-3-10(16)18-9-19-11(17)4-6-15-8-13-2/h12-15H,3-9H2,1-2H3. The van der Waals surface area contributed by atoms with Gasteiger partial charge in [0.25, 0.3) is 0 Å². The smallest absolute Gasteiger partial charge is 0.309 e. The molecule has 8 nitrogen and oxygen atoms in total. The summed E-state index contributed by atoms with van der Waals surface area (Å²) in [6, 6.07) is 0. The minimum Gasteiger partial charge on any atom is -0.428 e. The van der Waals surface area contributed by atoms with Gasteiger partial charge < -0.3 is 30.7 Å². The molecule has 19 heavy (non-hydrogen) atoms. The molecule has 0 saturated heterocycles. The maximum atomic E-state index is 11.2. The van der Waals surface area contributed by atoms with E-state index < -0.39 is 11.9 Å². The Morgan fingerprint density at radius 1 is 0.842 bits per heavy atom. The van der Waals surface area contributed by atoms with Crippen LogP contribution in [0.3, 0.4) is 0 Å². The molecule has 0 amide bonds. The van der Waals surface area contributed by atoms with E-state index in [0.29, 0.717) is 26.4 Å². The molecule has 0 aliphatic carbocycles. The molecule has 8 heteroatoms. The van der Waals surface area contributed by atoms with Gasteiger partial charge in [0.05, 0.1) is 12.8 Å². The molecule has 0 saturated carbocycles. The molecule has 112 valence electrons. The van der Waals surface area contributed by atoms with E-state index in [2.05, 4.69) is 21.3 Å². The quantitative estimate of drug-likeness (QED) is 0.191. The monoisotopic (exact) mass is 276 g/mol. The zero-order valence-electron chi connectivity index (χ0n) is 11.6. The molecule has 0 radical (unpaired) electrons. The van der Waals surface area contributed by atoms with Gasteiger partial charge in [-0.15, -0.1) is 0 Å². The summed E-state index contributed by atoms with van der Waals surface area (Å²) in [5.41, 5.74) is 0. The third-order valence-corrected chi connectivity index (χ3v) is 2.06. The van der Waals surface area contributed by atoms with Crippen molar-refractivity contribution in [3.05, 3.63) is 0 Å². The first-order chi connectivity index (χ1) is 9.20. The second kappa shape index (κ2) is 13.2. The van der Waals surface area contributed by atoms with Crippen molar-refractivity contribution in [1.29, 1.82) is 0 Å². The number of esters is 2. The normalized spacial score (nSPS) is 10.2. The summed E-state index contributed by atoms with van der Waals surface area (Å²) in [5, 5.41) is 11.7. The zero-order valence-corrected chi connectivity index (χ0v) is 11.6. The number of carbonyl (C=O) groups is 2. The van der Waals surface area contributed by atoms with Gasteiger partial charge in [0.2, 0.25) is 6.79 Å². The molecule has 0 aromatic carbocycles. The largest absolute Gasteiger partial charge is 0.428 e. The van der Waals surface area contributed by atoms with Gasteiger partial charge >= 0.3 is 11.9 Å². The summed E-state index contributed by atoms with van der Waals surface area (Å²) in [5.74, 6) is -0.797. The first kappa shape index (κ1) is 17.8. The molecular formula is C11H24N4O4. The highest BCUT2D eigenvalue weighted by Crippen LogP contribution is 1.89. The van der Waals surface area contributed by atoms with Crippen molar-refractivity contribution < 1.29 is 19.1 Å². The Bertz CT molecular complexity index is 227. The van der Waals surface area contributed by atoms with Gasteiger partial charge in [-0.25, -0.2) is 0 Å². The van der Waals surface area contributed by atoms with E-state index in [1.54, 1.807) is 14.1 Å². The molecule has 4 N–H and O–H groups in total. The van der Waals surface area contributed by atoms with Gasteiger partial charge in [-0.3, -0.25) is 9.59 Å². The maximum Gasteiger partial charge on any atom is 0.309 e. The third kappa shape index (κ3) is 13.0. The van der Waals surface area contributed by atoms with Gasteiger partial charge in [0, 0.05) is 26.4 Å². The topological polar surface area (TPSA) is 101 Å². The van der Waals surface area contributed by atoms with Crippen LogP contribution in [-0.2, 0) is 19.1 Å².